The van der Waals surface area contributed by atoms with Gasteiger partial charge >= 0.3 is 0 Å². The fourth-order valence-corrected chi connectivity index (χ4v) is 4.58. The highest BCUT2D eigenvalue weighted by molar-refractivity contribution is 6.15. The second-order valence-corrected chi connectivity index (χ2v) is 8.12. The lowest BCUT2D eigenvalue weighted by Crippen LogP contribution is -2.19. The maximum atomic E-state index is 13.1. The number of Topliss-reactive ketones (excluding diaryl/α,β-unsaturated/α-hetero) is 2. The second-order valence-electron chi connectivity index (χ2n) is 8.12. The standard InChI is InChI=1S/C26H25NO2/c1-16-11-17(2)24(18(3)12-16)25-23(28)14-21(26(25)29)13-22-10-9-20(15-27-22)19-7-5-4-6-8-19/h4-12,15,21,25H,13-14H2,1-3H3. The Morgan fingerprint density at radius 2 is 1.59 bits per heavy atom. The molecule has 29 heavy (non-hydrogen) atoms. The molecule has 0 amide bonds. The minimum Gasteiger partial charge on any atom is -0.298 e. The molecular formula is C26H25NO2. The van der Waals surface area contributed by atoms with Gasteiger partial charge in [-0.1, -0.05) is 54.1 Å². The van der Waals surface area contributed by atoms with E-state index in [2.05, 4.69) is 17.1 Å². The van der Waals surface area contributed by atoms with Crippen LogP contribution in [0, 0.1) is 26.7 Å². The summed E-state index contributed by atoms with van der Waals surface area (Å²) >= 11 is 0. The molecule has 3 heteroatoms. The largest absolute Gasteiger partial charge is 0.298 e. The van der Waals surface area contributed by atoms with Gasteiger partial charge in [0.15, 0.2) is 5.78 Å². The van der Waals surface area contributed by atoms with Crippen LogP contribution in [0.15, 0.2) is 60.8 Å². The van der Waals surface area contributed by atoms with E-state index >= 15 is 0 Å². The number of ketones is 2. The van der Waals surface area contributed by atoms with Gasteiger partial charge in [-0.25, -0.2) is 0 Å². The number of nitrogens with zero attached hydrogens (tertiary/aromatic N) is 1. The zero-order chi connectivity index (χ0) is 20.5. The van der Waals surface area contributed by atoms with E-state index in [0.29, 0.717) is 12.8 Å². The summed E-state index contributed by atoms with van der Waals surface area (Å²) < 4.78 is 0. The van der Waals surface area contributed by atoms with Gasteiger partial charge in [0.1, 0.15) is 11.7 Å². The summed E-state index contributed by atoms with van der Waals surface area (Å²) in [5, 5.41) is 0. The van der Waals surface area contributed by atoms with Crippen molar-refractivity contribution in [3.63, 3.8) is 0 Å². The third-order valence-corrected chi connectivity index (χ3v) is 5.87. The Hall–Kier alpha value is -3.07. The molecule has 0 aliphatic heterocycles. The number of aromatic nitrogens is 1. The number of hydrogen-bond acceptors (Lipinski definition) is 3. The lowest BCUT2D eigenvalue weighted by atomic mass is 9.86. The zero-order valence-electron chi connectivity index (χ0n) is 17.1. The Bertz CT molecular complexity index is 1040. The average molecular weight is 383 g/mol. The number of rotatable bonds is 4. The predicted octanol–water partition coefficient (Wildman–Crippen LogP) is 5.16. The van der Waals surface area contributed by atoms with Gasteiger partial charge in [-0.2, -0.15) is 0 Å². The third-order valence-electron chi connectivity index (χ3n) is 5.87. The lowest BCUT2D eigenvalue weighted by molar-refractivity contribution is -0.124. The number of pyridine rings is 1. The molecule has 146 valence electrons. The van der Waals surface area contributed by atoms with E-state index in [4.69, 9.17) is 0 Å². The molecule has 1 aromatic heterocycles. The normalized spacial score (nSPS) is 19.0. The summed E-state index contributed by atoms with van der Waals surface area (Å²) in [5.74, 6) is -0.832. The van der Waals surface area contributed by atoms with Gasteiger partial charge < -0.3 is 0 Å². The van der Waals surface area contributed by atoms with E-state index in [0.717, 1.165) is 39.1 Å². The van der Waals surface area contributed by atoms with Crippen molar-refractivity contribution < 1.29 is 9.59 Å². The first-order valence-corrected chi connectivity index (χ1v) is 10.1. The first-order valence-electron chi connectivity index (χ1n) is 10.1. The van der Waals surface area contributed by atoms with Gasteiger partial charge in [0.05, 0.1) is 0 Å². The Labute approximate surface area is 171 Å². The highest BCUT2D eigenvalue weighted by Gasteiger charge is 2.43. The summed E-state index contributed by atoms with van der Waals surface area (Å²) in [4.78, 5) is 30.5. The van der Waals surface area contributed by atoms with Crippen LogP contribution in [0.25, 0.3) is 11.1 Å². The van der Waals surface area contributed by atoms with E-state index in [9.17, 15) is 9.59 Å². The van der Waals surface area contributed by atoms with E-state index in [1.165, 1.54) is 0 Å². The van der Waals surface area contributed by atoms with Gasteiger partial charge in [0.25, 0.3) is 0 Å². The Morgan fingerprint density at radius 3 is 2.21 bits per heavy atom. The Morgan fingerprint density at radius 1 is 0.897 bits per heavy atom. The number of carbonyl (C=O) groups excluding carboxylic acids is 2. The molecule has 1 fully saturated rings. The fourth-order valence-electron chi connectivity index (χ4n) is 4.58. The molecule has 1 aliphatic rings. The van der Waals surface area contributed by atoms with Crippen LogP contribution in [0.5, 0.6) is 0 Å². The quantitative estimate of drug-likeness (QED) is 0.585. The van der Waals surface area contributed by atoms with Crippen molar-refractivity contribution in [1.29, 1.82) is 0 Å². The SMILES string of the molecule is Cc1cc(C)c(C2C(=O)CC(Cc3ccc(-c4ccccc4)cn3)C2=O)c(C)c1. The topological polar surface area (TPSA) is 47.0 Å². The molecule has 1 saturated carbocycles. The molecule has 2 atom stereocenters. The summed E-state index contributed by atoms with van der Waals surface area (Å²) in [7, 11) is 0. The van der Waals surface area contributed by atoms with E-state index in [1.54, 1.807) is 0 Å². The fraction of sp³-hybridized carbons (Fsp3) is 0.269. The van der Waals surface area contributed by atoms with Crippen LogP contribution >= 0.6 is 0 Å². The smallest absolute Gasteiger partial charge is 0.151 e. The number of carbonyl (C=O) groups is 2. The second kappa shape index (κ2) is 7.75. The number of aryl methyl sites for hydroxylation is 3. The molecule has 3 nitrogen and oxygen atoms in total. The van der Waals surface area contributed by atoms with E-state index in [-0.39, 0.29) is 17.5 Å². The molecule has 2 unspecified atom stereocenters. The van der Waals surface area contributed by atoms with Crippen molar-refractivity contribution >= 4 is 11.6 Å². The maximum Gasteiger partial charge on any atom is 0.151 e. The van der Waals surface area contributed by atoms with Crippen LogP contribution in [0.2, 0.25) is 0 Å². The number of hydrogen-bond donors (Lipinski definition) is 0. The zero-order valence-corrected chi connectivity index (χ0v) is 17.1. The van der Waals surface area contributed by atoms with Gasteiger partial charge in [0, 0.05) is 29.8 Å². The van der Waals surface area contributed by atoms with Crippen LogP contribution < -0.4 is 0 Å². The predicted molar refractivity (Wildman–Crippen MR) is 115 cm³/mol. The third kappa shape index (κ3) is 3.77. The highest BCUT2D eigenvalue weighted by Crippen LogP contribution is 2.37. The van der Waals surface area contributed by atoms with Crippen molar-refractivity contribution in [2.75, 3.05) is 0 Å². The maximum absolute atomic E-state index is 13.1. The number of benzene rings is 2. The molecule has 3 aromatic rings. The van der Waals surface area contributed by atoms with Gasteiger partial charge in [-0.15, -0.1) is 0 Å². The Balaban J connectivity index is 1.54. The average Bonchev–Trinajstić information content (AvgIpc) is 2.96. The van der Waals surface area contributed by atoms with Crippen molar-refractivity contribution in [2.45, 2.75) is 39.5 Å². The van der Waals surface area contributed by atoms with Crippen LogP contribution in [-0.4, -0.2) is 16.6 Å². The lowest BCUT2D eigenvalue weighted by Gasteiger charge is -2.16. The summed E-state index contributed by atoms with van der Waals surface area (Å²) in [6, 6.07) is 18.2. The monoisotopic (exact) mass is 383 g/mol. The Kier molecular flexibility index (Phi) is 5.14. The van der Waals surface area contributed by atoms with Crippen molar-refractivity contribution in [3.05, 3.63) is 88.7 Å². The molecular weight excluding hydrogens is 358 g/mol. The molecule has 0 bridgehead atoms. The van der Waals surface area contributed by atoms with Crippen LogP contribution in [-0.2, 0) is 16.0 Å². The molecule has 4 rings (SSSR count). The first-order chi connectivity index (χ1) is 13.9. The molecule has 2 aromatic carbocycles. The minimum absolute atomic E-state index is 0.0379. The van der Waals surface area contributed by atoms with Crippen LogP contribution in [0.1, 0.15) is 40.3 Å². The molecule has 1 heterocycles. The molecule has 0 saturated heterocycles. The minimum atomic E-state index is -0.621. The van der Waals surface area contributed by atoms with Crippen molar-refractivity contribution in [3.8, 4) is 11.1 Å². The van der Waals surface area contributed by atoms with E-state index in [1.807, 2.05) is 69.4 Å². The first kappa shape index (κ1) is 19.3. The summed E-state index contributed by atoms with van der Waals surface area (Å²) in [6.07, 6.45) is 2.66. The van der Waals surface area contributed by atoms with Gasteiger partial charge in [-0.3, -0.25) is 14.6 Å². The molecule has 0 N–H and O–H groups in total. The molecule has 0 radical (unpaired) electrons. The van der Waals surface area contributed by atoms with Crippen LogP contribution in [0.4, 0.5) is 0 Å². The van der Waals surface area contributed by atoms with Gasteiger partial charge in [-0.05, 0) is 55.5 Å². The summed E-state index contributed by atoms with van der Waals surface area (Å²) in [6.45, 7) is 6.02. The van der Waals surface area contributed by atoms with Crippen molar-refractivity contribution in [1.82, 2.24) is 4.98 Å². The van der Waals surface area contributed by atoms with Crippen LogP contribution in [0.3, 0.4) is 0 Å². The highest BCUT2D eigenvalue weighted by atomic mass is 16.2. The summed E-state index contributed by atoms with van der Waals surface area (Å²) in [5.41, 5.74) is 7.13. The van der Waals surface area contributed by atoms with Gasteiger partial charge in [0.2, 0.25) is 0 Å². The van der Waals surface area contributed by atoms with E-state index < -0.39 is 5.92 Å². The molecule has 1 aliphatic carbocycles. The van der Waals surface area contributed by atoms with Crippen molar-refractivity contribution in [2.24, 2.45) is 5.92 Å². The molecule has 0 spiro atoms.